The van der Waals surface area contributed by atoms with Crippen molar-refractivity contribution in [2.24, 2.45) is 0 Å². The highest BCUT2D eigenvalue weighted by atomic mass is 19.3. The van der Waals surface area contributed by atoms with Crippen molar-refractivity contribution in [1.29, 1.82) is 0 Å². The molecule has 3 rings (SSSR count). The molecule has 0 atom stereocenters. The standard InChI is InChI=1S/C19H19F2NO3/c1-22(16-6-8-19(20,21)9-7-16)17(23)14-4-2-13-11-15(18(24)25)5-3-12(13)10-14/h2-5,10-11,16H,6-9H2,1H3,(H,24,25). The largest absolute Gasteiger partial charge is 0.478 e. The van der Waals surface area contributed by atoms with Gasteiger partial charge in [0.2, 0.25) is 5.92 Å². The first kappa shape index (κ1) is 17.3. The summed E-state index contributed by atoms with van der Waals surface area (Å²) in [6, 6.07) is 9.58. The molecule has 1 N–H and O–H groups in total. The van der Waals surface area contributed by atoms with Crippen LogP contribution in [0.4, 0.5) is 8.78 Å². The Hall–Kier alpha value is -2.50. The molecule has 0 radical (unpaired) electrons. The average Bonchev–Trinajstić information content (AvgIpc) is 2.59. The molecule has 1 aliphatic carbocycles. The van der Waals surface area contributed by atoms with Crippen molar-refractivity contribution in [2.45, 2.75) is 37.6 Å². The van der Waals surface area contributed by atoms with Crippen LogP contribution in [0.1, 0.15) is 46.4 Å². The molecule has 6 heteroatoms. The second-order valence-electron chi connectivity index (χ2n) is 6.59. The van der Waals surface area contributed by atoms with Crippen LogP contribution >= 0.6 is 0 Å². The van der Waals surface area contributed by atoms with Crippen LogP contribution in [0.15, 0.2) is 36.4 Å². The topological polar surface area (TPSA) is 57.6 Å². The van der Waals surface area contributed by atoms with E-state index in [1.807, 2.05) is 0 Å². The number of aromatic carboxylic acids is 1. The zero-order valence-corrected chi connectivity index (χ0v) is 13.8. The van der Waals surface area contributed by atoms with Crippen LogP contribution in [0.5, 0.6) is 0 Å². The summed E-state index contributed by atoms with van der Waals surface area (Å²) in [5, 5.41) is 10.5. The molecular weight excluding hydrogens is 328 g/mol. The zero-order chi connectivity index (χ0) is 18.2. The fraction of sp³-hybridized carbons (Fsp3) is 0.368. The van der Waals surface area contributed by atoms with Crippen LogP contribution in [0.2, 0.25) is 0 Å². The van der Waals surface area contributed by atoms with Crippen molar-refractivity contribution in [2.75, 3.05) is 7.05 Å². The van der Waals surface area contributed by atoms with Crippen LogP contribution in [-0.2, 0) is 0 Å². The van der Waals surface area contributed by atoms with E-state index in [0.717, 1.165) is 10.8 Å². The third-order valence-electron chi connectivity index (χ3n) is 4.89. The molecule has 0 aliphatic heterocycles. The number of hydrogen-bond acceptors (Lipinski definition) is 2. The molecule has 132 valence electrons. The summed E-state index contributed by atoms with van der Waals surface area (Å²) in [5.41, 5.74) is 0.655. The van der Waals surface area contributed by atoms with Gasteiger partial charge in [0.25, 0.3) is 5.91 Å². The van der Waals surface area contributed by atoms with Crippen LogP contribution in [0.25, 0.3) is 10.8 Å². The van der Waals surface area contributed by atoms with E-state index in [4.69, 9.17) is 5.11 Å². The second-order valence-corrected chi connectivity index (χ2v) is 6.59. The number of rotatable bonds is 3. The highest BCUT2D eigenvalue weighted by Crippen LogP contribution is 2.35. The Balaban J connectivity index is 1.80. The molecule has 2 aromatic rings. The van der Waals surface area contributed by atoms with Crippen molar-refractivity contribution < 1.29 is 23.5 Å². The molecule has 25 heavy (non-hydrogen) atoms. The number of amides is 1. The normalized spacial score (nSPS) is 17.4. The molecule has 0 bridgehead atoms. The molecule has 2 aromatic carbocycles. The molecule has 1 aliphatic rings. The van der Waals surface area contributed by atoms with Crippen molar-refractivity contribution in [3.05, 3.63) is 47.5 Å². The number of fused-ring (bicyclic) bond motifs is 1. The maximum absolute atomic E-state index is 13.3. The number of carbonyl (C=O) groups is 2. The minimum atomic E-state index is -2.62. The first-order chi connectivity index (χ1) is 11.8. The number of halogens is 2. The summed E-state index contributed by atoms with van der Waals surface area (Å²) in [5.74, 6) is -3.83. The predicted octanol–water partition coefficient (Wildman–Crippen LogP) is 4.19. The highest BCUT2D eigenvalue weighted by Gasteiger charge is 2.37. The minimum Gasteiger partial charge on any atom is -0.478 e. The monoisotopic (exact) mass is 347 g/mol. The predicted molar refractivity (Wildman–Crippen MR) is 90.2 cm³/mol. The van der Waals surface area contributed by atoms with Gasteiger partial charge in [0, 0.05) is 31.5 Å². The van der Waals surface area contributed by atoms with Gasteiger partial charge in [0.05, 0.1) is 5.56 Å². The lowest BCUT2D eigenvalue weighted by Gasteiger charge is -2.34. The third-order valence-corrected chi connectivity index (χ3v) is 4.89. The number of benzene rings is 2. The molecule has 4 nitrogen and oxygen atoms in total. The lowest BCUT2D eigenvalue weighted by molar-refractivity contribution is -0.0490. The Bertz CT molecular complexity index is 825. The summed E-state index contributed by atoms with van der Waals surface area (Å²) in [4.78, 5) is 25.2. The second kappa shape index (κ2) is 6.43. The molecule has 0 unspecified atom stereocenters. The Labute approximate surface area is 144 Å². The van der Waals surface area contributed by atoms with E-state index in [1.54, 1.807) is 42.3 Å². The summed E-state index contributed by atoms with van der Waals surface area (Å²) < 4.78 is 26.6. The number of hydrogen-bond donors (Lipinski definition) is 1. The van der Waals surface area contributed by atoms with Gasteiger partial charge in [-0.05, 0) is 47.9 Å². The molecule has 1 fully saturated rings. The highest BCUT2D eigenvalue weighted by molar-refractivity contribution is 6.00. The van der Waals surface area contributed by atoms with Gasteiger partial charge in [-0.1, -0.05) is 12.1 Å². The van der Waals surface area contributed by atoms with Gasteiger partial charge in [-0.25, -0.2) is 13.6 Å². The lowest BCUT2D eigenvalue weighted by atomic mass is 9.91. The van der Waals surface area contributed by atoms with E-state index >= 15 is 0 Å². The summed E-state index contributed by atoms with van der Waals surface area (Å²) in [6.45, 7) is 0. The molecule has 1 saturated carbocycles. The fourth-order valence-corrected chi connectivity index (χ4v) is 3.29. The van der Waals surface area contributed by atoms with E-state index in [2.05, 4.69) is 0 Å². The van der Waals surface area contributed by atoms with Gasteiger partial charge in [-0.15, -0.1) is 0 Å². The van der Waals surface area contributed by atoms with Crippen molar-refractivity contribution in [3.8, 4) is 0 Å². The van der Waals surface area contributed by atoms with E-state index in [-0.39, 0.29) is 30.4 Å². The van der Waals surface area contributed by atoms with Crippen molar-refractivity contribution in [1.82, 2.24) is 4.90 Å². The number of carboxylic acid groups (broad SMARTS) is 1. The van der Waals surface area contributed by atoms with Crippen LogP contribution in [0.3, 0.4) is 0 Å². The minimum absolute atomic E-state index is 0.183. The van der Waals surface area contributed by atoms with Crippen LogP contribution in [-0.4, -0.2) is 40.9 Å². The lowest BCUT2D eigenvalue weighted by Crippen LogP contribution is -2.41. The third kappa shape index (κ3) is 3.62. The van der Waals surface area contributed by atoms with Crippen LogP contribution in [0, 0.1) is 0 Å². The van der Waals surface area contributed by atoms with E-state index in [0.29, 0.717) is 18.4 Å². The Morgan fingerprint density at radius 2 is 1.56 bits per heavy atom. The van der Waals surface area contributed by atoms with Gasteiger partial charge >= 0.3 is 5.97 Å². The molecule has 0 heterocycles. The Morgan fingerprint density at radius 1 is 1.04 bits per heavy atom. The first-order valence-electron chi connectivity index (χ1n) is 8.19. The maximum atomic E-state index is 13.3. The maximum Gasteiger partial charge on any atom is 0.335 e. The zero-order valence-electron chi connectivity index (χ0n) is 13.8. The molecule has 0 saturated heterocycles. The Morgan fingerprint density at radius 3 is 2.12 bits per heavy atom. The van der Waals surface area contributed by atoms with Crippen molar-refractivity contribution in [3.63, 3.8) is 0 Å². The summed E-state index contributed by atoms with van der Waals surface area (Å²) in [7, 11) is 1.65. The average molecular weight is 347 g/mol. The van der Waals surface area contributed by atoms with Gasteiger partial charge in [0.1, 0.15) is 0 Å². The van der Waals surface area contributed by atoms with Crippen LogP contribution < -0.4 is 0 Å². The van der Waals surface area contributed by atoms with Crippen molar-refractivity contribution >= 4 is 22.6 Å². The quantitative estimate of drug-likeness (QED) is 0.906. The number of nitrogens with zero attached hydrogens (tertiary/aromatic N) is 1. The van der Waals surface area contributed by atoms with E-state index in [1.165, 1.54) is 6.07 Å². The summed E-state index contributed by atoms with van der Waals surface area (Å²) in [6.07, 6.45) is 0.214. The smallest absolute Gasteiger partial charge is 0.335 e. The Kier molecular flexibility index (Phi) is 4.45. The SMILES string of the molecule is CN(C(=O)c1ccc2cc(C(=O)O)ccc2c1)C1CCC(F)(F)CC1. The molecular formula is C19H19F2NO3. The number of carbonyl (C=O) groups excluding carboxylic acids is 1. The molecule has 0 spiro atoms. The van der Waals surface area contributed by atoms with Gasteiger partial charge in [-0.3, -0.25) is 4.79 Å². The fourth-order valence-electron chi connectivity index (χ4n) is 3.29. The molecule has 1 amide bonds. The molecule has 0 aromatic heterocycles. The summed E-state index contributed by atoms with van der Waals surface area (Å²) >= 11 is 0. The number of alkyl halides is 2. The van der Waals surface area contributed by atoms with Gasteiger partial charge in [-0.2, -0.15) is 0 Å². The van der Waals surface area contributed by atoms with Gasteiger partial charge < -0.3 is 10.0 Å². The van der Waals surface area contributed by atoms with E-state index in [9.17, 15) is 18.4 Å². The first-order valence-corrected chi connectivity index (χ1v) is 8.19. The number of carboxylic acids is 1. The van der Waals surface area contributed by atoms with E-state index < -0.39 is 11.9 Å². The van der Waals surface area contributed by atoms with Gasteiger partial charge in [0.15, 0.2) is 0 Å².